The molecule has 0 spiro atoms. The number of hydrogen-bond acceptors (Lipinski definition) is 4. The van der Waals surface area contributed by atoms with Crippen molar-refractivity contribution in [3.8, 4) is 0 Å². The van der Waals surface area contributed by atoms with Crippen LogP contribution in [0.1, 0.15) is 67.6 Å². The number of carbonyl (C=O) groups is 1. The Kier molecular flexibility index (Phi) is 8.40. The fraction of sp³-hybridized carbons (Fsp3) is 0.458. The summed E-state index contributed by atoms with van der Waals surface area (Å²) in [6.45, 7) is 13.1. The molecule has 2 aromatic carbocycles. The molecule has 3 N–H and O–H groups in total. The molecule has 0 aliphatic rings. The number of nitrogens with zero attached hydrogens (tertiary/aromatic N) is 1. The summed E-state index contributed by atoms with van der Waals surface area (Å²) in [4.78, 5) is 13.0. The highest BCUT2D eigenvalue weighted by Gasteiger charge is 2.31. The molecule has 0 aliphatic heterocycles. The number of hydrazine groups is 1. The van der Waals surface area contributed by atoms with E-state index < -0.39 is 18.8 Å². The third-order valence-electron chi connectivity index (χ3n) is 5.35. The monoisotopic (exact) mass is 428 g/mol. The highest BCUT2D eigenvalue weighted by Crippen LogP contribution is 2.29. The topological polar surface area (TPSA) is 72.8 Å². The molecule has 0 heterocycles. The van der Waals surface area contributed by atoms with Crippen LogP contribution >= 0.6 is 0 Å². The Bertz CT molecular complexity index is 892. The van der Waals surface area contributed by atoms with E-state index in [2.05, 4.69) is 51.3 Å². The van der Waals surface area contributed by atoms with E-state index in [1.54, 1.807) is 0 Å². The standard InChI is InChI=1S/C24H34BFN2O3/c1-7-8-22(24(4,5)6)28(15-18-12-16(2)11-17(3)13-18)27-23(29)20-10-9-19(25(30)31)14-21(20)26/h9-14,22,30-31H,7-8,15H2,1-6H3,(H,27,29)/t22-/m1/s1. The maximum Gasteiger partial charge on any atom is 0.488 e. The van der Waals surface area contributed by atoms with E-state index in [0.29, 0.717) is 6.54 Å². The van der Waals surface area contributed by atoms with Gasteiger partial charge in [-0.25, -0.2) is 9.40 Å². The van der Waals surface area contributed by atoms with Gasteiger partial charge in [0.1, 0.15) is 5.82 Å². The minimum Gasteiger partial charge on any atom is -0.423 e. The molecule has 0 fully saturated rings. The molecule has 0 saturated carbocycles. The van der Waals surface area contributed by atoms with Crippen molar-refractivity contribution < 1.29 is 19.2 Å². The average molecular weight is 428 g/mol. The van der Waals surface area contributed by atoms with Crippen LogP contribution in [-0.4, -0.2) is 34.1 Å². The lowest BCUT2D eigenvalue weighted by molar-refractivity contribution is 0.0305. The van der Waals surface area contributed by atoms with Crippen molar-refractivity contribution in [2.24, 2.45) is 5.41 Å². The van der Waals surface area contributed by atoms with E-state index in [0.717, 1.165) is 35.6 Å². The lowest BCUT2D eigenvalue weighted by Crippen LogP contribution is -2.53. The second kappa shape index (κ2) is 10.4. The molecule has 0 unspecified atom stereocenters. The molecule has 0 bridgehead atoms. The van der Waals surface area contributed by atoms with Gasteiger partial charge in [0.2, 0.25) is 0 Å². The number of carbonyl (C=O) groups excluding carboxylic acids is 1. The first-order chi connectivity index (χ1) is 14.4. The van der Waals surface area contributed by atoms with Gasteiger partial charge in [-0.15, -0.1) is 0 Å². The van der Waals surface area contributed by atoms with Crippen LogP contribution in [0.5, 0.6) is 0 Å². The van der Waals surface area contributed by atoms with E-state index in [4.69, 9.17) is 0 Å². The van der Waals surface area contributed by atoms with Crippen LogP contribution in [0.2, 0.25) is 0 Å². The zero-order valence-corrected chi connectivity index (χ0v) is 19.4. The number of amides is 1. The predicted octanol–water partition coefficient (Wildman–Crippen LogP) is 3.48. The largest absolute Gasteiger partial charge is 0.488 e. The number of aryl methyl sites for hydroxylation is 2. The number of rotatable bonds is 8. The highest BCUT2D eigenvalue weighted by atomic mass is 19.1. The summed E-state index contributed by atoms with van der Waals surface area (Å²) in [6.07, 6.45) is 1.81. The van der Waals surface area contributed by atoms with Crippen molar-refractivity contribution >= 4 is 18.5 Å². The van der Waals surface area contributed by atoms with Gasteiger partial charge >= 0.3 is 7.12 Å². The Morgan fingerprint density at radius 3 is 2.23 bits per heavy atom. The maximum atomic E-state index is 14.5. The minimum atomic E-state index is -1.79. The van der Waals surface area contributed by atoms with Gasteiger partial charge in [-0.3, -0.25) is 10.2 Å². The summed E-state index contributed by atoms with van der Waals surface area (Å²) in [5, 5.41) is 20.4. The molecule has 31 heavy (non-hydrogen) atoms. The fourth-order valence-electron chi connectivity index (χ4n) is 3.98. The Labute approximate surface area is 185 Å². The Balaban J connectivity index is 2.38. The van der Waals surface area contributed by atoms with Crippen molar-refractivity contribution in [1.82, 2.24) is 10.4 Å². The molecule has 0 saturated heterocycles. The molecule has 168 valence electrons. The van der Waals surface area contributed by atoms with Crippen LogP contribution in [0.25, 0.3) is 0 Å². The second-order valence-corrected chi connectivity index (χ2v) is 9.35. The van der Waals surface area contributed by atoms with Gasteiger partial charge in [0, 0.05) is 12.6 Å². The summed E-state index contributed by atoms with van der Waals surface area (Å²) in [7, 11) is -1.79. The van der Waals surface area contributed by atoms with E-state index in [-0.39, 0.29) is 22.5 Å². The number of benzene rings is 2. The predicted molar refractivity (Wildman–Crippen MR) is 123 cm³/mol. The van der Waals surface area contributed by atoms with Crippen LogP contribution in [0, 0.1) is 25.1 Å². The van der Waals surface area contributed by atoms with E-state index >= 15 is 0 Å². The SMILES string of the molecule is CCC[C@@H](N(Cc1cc(C)cc(C)c1)NC(=O)c1ccc(B(O)O)cc1F)C(C)(C)C. The number of halogens is 1. The zero-order chi connectivity index (χ0) is 23.3. The summed E-state index contributed by atoms with van der Waals surface area (Å²) < 4.78 is 14.5. The highest BCUT2D eigenvalue weighted by molar-refractivity contribution is 6.58. The quantitative estimate of drug-likeness (QED) is 0.445. The van der Waals surface area contributed by atoms with Gasteiger partial charge < -0.3 is 10.0 Å². The molecular formula is C24H34BFN2O3. The van der Waals surface area contributed by atoms with Gasteiger partial charge in [0.25, 0.3) is 5.91 Å². The number of nitrogens with one attached hydrogen (secondary N) is 1. The Morgan fingerprint density at radius 1 is 1.13 bits per heavy atom. The Hall–Kier alpha value is -2.22. The van der Waals surface area contributed by atoms with E-state index in [9.17, 15) is 19.2 Å². The first-order valence-corrected chi connectivity index (χ1v) is 10.7. The molecule has 1 atom stereocenters. The molecule has 0 radical (unpaired) electrons. The third-order valence-corrected chi connectivity index (χ3v) is 5.35. The molecular weight excluding hydrogens is 394 g/mol. The van der Waals surface area contributed by atoms with Crippen LogP contribution < -0.4 is 10.9 Å². The lowest BCUT2D eigenvalue weighted by Gasteiger charge is -2.40. The maximum absolute atomic E-state index is 14.5. The van der Waals surface area contributed by atoms with Crippen LogP contribution in [-0.2, 0) is 6.54 Å². The first-order valence-electron chi connectivity index (χ1n) is 10.7. The van der Waals surface area contributed by atoms with Crippen molar-refractivity contribution in [1.29, 1.82) is 0 Å². The summed E-state index contributed by atoms with van der Waals surface area (Å²) in [6, 6.07) is 9.91. The second-order valence-electron chi connectivity index (χ2n) is 9.35. The van der Waals surface area contributed by atoms with E-state index in [1.807, 2.05) is 18.9 Å². The van der Waals surface area contributed by atoms with E-state index in [1.165, 1.54) is 12.1 Å². The summed E-state index contributed by atoms with van der Waals surface area (Å²) >= 11 is 0. The molecule has 1 amide bonds. The lowest BCUT2D eigenvalue weighted by atomic mass is 9.80. The summed E-state index contributed by atoms with van der Waals surface area (Å²) in [5.74, 6) is -1.36. The third kappa shape index (κ3) is 6.89. The Morgan fingerprint density at radius 2 is 1.74 bits per heavy atom. The van der Waals surface area contributed by atoms with Gasteiger partial charge in [0.15, 0.2) is 0 Å². The molecule has 2 rings (SSSR count). The van der Waals surface area contributed by atoms with Crippen molar-refractivity contribution in [3.63, 3.8) is 0 Å². The van der Waals surface area contributed by atoms with Gasteiger partial charge in [0.05, 0.1) is 5.56 Å². The minimum absolute atomic E-state index is 0.000284. The molecule has 2 aromatic rings. The van der Waals surface area contributed by atoms with Gasteiger partial charge in [-0.1, -0.05) is 69.5 Å². The zero-order valence-electron chi connectivity index (χ0n) is 19.4. The van der Waals surface area contributed by atoms with Crippen molar-refractivity contribution in [2.75, 3.05) is 0 Å². The van der Waals surface area contributed by atoms with Crippen molar-refractivity contribution in [2.45, 2.75) is 67.0 Å². The van der Waals surface area contributed by atoms with Gasteiger partial charge in [-0.05, 0) is 48.8 Å². The molecule has 5 nitrogen and oxygen atoms in total. The van der Waals surface area contributed by atoms with Crippen LogP contribution in [0.15, 0.2) is 36.4 Å². The molecule has 0 aromatic heterocycles. The van der Waals surface area contributed by atoms with Gasteiger partial charge in [-0.2, -0.15) is 0 Å². The fourth-order valence-corrected chi connectivity index (χ4v) is 3.98. The summed E-state index contributed by atoms with van der Waals surface area (Å²) in [5.41, 5.74) is 6.04. The smallest absolute Gasteiger partial charge is 0.423 e. The van der Waals surface area contributed by atoms with Crippen molar-refractivity contribution in [3.05, 3.63) is 64.5 Å². The van der Waals surface area contributed by atoms with Crippen LogP contribution in [0.3, 0.4) is 0 Å². The molecule has 0 aliphatic carbocycles. The number of hydrogen-bond donors (Lipinski definition) is 3. The van der Waals surface area contributed by atoms with Crippen LogP contribution in [0.4, 0.5) is 4.39 Å². The first kappa shape index (κ1) is 25.0. The normalized spacial score (nSPS) is 12.7. The molecule has 7 heteroatoms. The average Bonchev–Trinajstić information content (AvgIpc) is 2.63.